The van der Waals surface area contributed by atoms with E-state index >= 15 is 0 Å². The first kappa shape index (κ1) is 23.7. The van der Waals surface area contributed by atoms with Crippen molar-refractivity contribution in [2.75, 3.05) is 0 Å². The lowest BCUT2D eigenvalue weighted by atomic mass is 9.97. The Balaban J connectivity index is 1.27. The Labute approximate surface area is 246 Å². The first-order chi connectivity index (χ1) is 21.3. The van der Waals surface area contributed by atoms with Crippen molar-refractivity contribution < 1.29 is 4.42 Å². The second-order valence-corrected chi connectivity index (χ2v) is 10.7. The van der Waals surface area contributed by atoms with Crippen molar-refractivity contribution in [1.29, 1.82) is 0 Å². The number of para-hydroxylation sites is 1. The predicted molar refractivity (Wildman–Crippen MR) is 174 cm³/mol. The molecule has 5 nitrogen and oxygen atoms in total. The molecule has 0 bridgehead atoms. The van der Waals surface area contributed by atoms with E-state index in [1.54, 1.807) is 0 Å². The Bertz CT molecular complexity index is 2520. The van der Waals surface area contributed by atoms with E-state index in [2.05, 4.69) is 65.6 Å². The van der Waals surface area contributed by atoms with Gasteiger partial charge in [-0.15, -0.1) is 0 Å². The summed E-state index contributed by atoms with van der Waals surface area (Å²) < 4.78 is 6.18. The number of benzene rings is 6. The Morgan fingerprint density at radius 3 is 2.02 bits per heavy atom. The SMILES string of the molecule is c1ccc(-c2nc(-c3ccc4c(ccc5c6ccncc6ccc45)c3)nc(-c3cccc4oc5ccccc5c34)n2)cc1. The van der Waals surface area contributed by atoms with Crippen LogP contribution >= 0.6 is 0 Å². The maximum Gasteiger partial charge on any atom is 0.164 e. The summed E-state index contributed by atoms with van der Waals surface area (Å²) in [6.07, 6.45) is 3.77. The van der Waals surface area contributed by atoms with Crippen LogP contribution < -0.4 is 0 Å². The van der Waals surface area contributed by atoms with Gasteiger partial charge in [0, 0.05) is 45.2 Å². The number of aromatic nitrogens is 4. The molecule has 3 heterocycles. The molecule has 6 aromatic carbocycles. The fourth-order valence-electron chi connectivity index (χ4n) is 6.17. The number of furan rings is 1. The molecule has 0 fully saturated rings. The van der Waals surface area contributed by atoms with Crippen LogP contribution in [0.15, 0.2) is 138 Å². The van der Waals surface area contributed by atoms with Gasteiger partial charge in [-0.05, 0) is 51.2 Å². The highest BCUT2D eigenvalue weighted by atomic mass is 16.3. The highest BCUT2D eigenvalue weighted by molar-refractivity contribution is 6.17. The molecule has 200 valence electrons. The molecule has 0 radical (unpaired) electrons. The smallest absolute Gasteiger partial charge is 0.164 e. The first-order valence-electron chi connectivity index (χ1n) is 14.2. The van der Waals surface area contributed by atoms with Crippen LogP contribution in [0.1, 0.15) is 0 Å². The summed E-state index contributed by atoms with van der Waals surface area (Å²) in [4.78, 5) is 19.4. The van der Waals surface area contributed by atoms with Crippen LogP contribution in [0.2, 0.25) is 0 Å². The van der Waals surface area contributed by atoms with Crippen LogP contribution in [0, 0.1) is 0 Å². The lowest BCUT2D eigenvalue weighted by Crippen LogP contribution is -2.00. The Morgan fingerprint density at radius 1 is 0.442 bits per heavy atom. The van der Waals surface area contributed by atoms with E-state index < -0.39 is 0 Å². The fraction of sp³-hybridized carbons (Fsp3) is 0. The maximum absolute atomic E-state index is 6.18. The Hall–Kier alpha value is -5.94. The van der Waals surface area contributed by atoms with Gasteiger partial charge in [0.2, 0.25) is 0 Å². The summed E-state index contributed by atoms with van der Waals surface area (Å²) in [5.74, 6) is 1.86. The Kier molecular flexibility index (Phi) is 5.13. The van der Waals surface area contributed by atoms with Gasteiger partial charge in [-0.1, -0.05) is 97.1 Å². The zero-order chi connectivity index (χ0) is 28.3. The quantitative estimate of drug-likeness (QED) is 0.205. The van der Waals surface area contributed by atoms with E-state index in [0.717, 1.165) is 49.4 Å². The van der Waals surface area contributed by atoms with Gasteiger partial charge in [-0.25, -0.2) is 15.0 Å². The van der Waals surface area contributed by atoms with Crippen molar-refractivity contribution >= 4 is 54.3 Å². The van der Waals surface area contributed by atoms with Crippen molar-refractivity contribution in [3.05, 3.63) is 134 Å². The lowest BCUT2D eigenvalue weighted by molar-refractivity contribution is 0.669. The molecule has 0 aliphatic heterocycles. The van der Waals surface area contributed by atoms with Crippen LogP contribution in [0.5, 0.6) is 0 Å². The molecule has 0 spiro atoms. The van der Waals surface area contributed by atoms with E-state index in [1.807, 2.05) is 73.1 Å². The third-order valence-electron chi connectivity index (χ3n) is 8.20. The summed E-state index contributed by atoms with van der Waals surface area (Å²) in [7, 11) is 0. The summed E-state index contributed by atoms with van der Waals surface area (Å²) in [5, 5.41) is 9.12. The van der Waals surface area contributed by atoms with Gasteiger partial charge >= 0.3 is 0 Å². The number of nitrogens with zero attached hydrogens (tertiary/aromatic N) is 4. The number of hydrogen-bond acceptors (Lipinski definition) is 5. The van der Waals surface area contributed by atoms with Crippen molar-refractivity contribution in [2.24, 2.45) is 0 Å². The largest absolute Gasteiger partial charge is 0.456 e. The van der Waals surface area contributed by atoms with Crippen molar-refractivity contribution in [3.8, 4) is 34.2 Å². The van der Waals surface area contributed by atoms with Gasteiger partial charge in [0.1, 0.15) is 11.2 Å². The molecule has 0 N–H and O–H groups in total. The molecule has 5 heteroatoms. The van der Waals surface area contributed by atoms with Crippen LogP contribution in [0.25, 0.3) is 88.4 Å². The lowest BCUT2D eigenvalue weighted by Gasteiger charge is -2.11. The molecule has 0 amide bonds. The standard InChI is InChI=1S/C38H22N4O/c1-2-7-23(8-3-1)36-40-37(42-38(41-36)32-10-6-12-34-35(32)31-9-4-5-11-33(31)43-34)25-14-16-27-24(21-25)13-17-30-28-19-20-39-22-26(28)15-18-29(27)30/h1-22H. The third kappa shape index (κ3) is 3.79. The average Bonchev–Trinajstić information content (AvgIpc) is 3.47. The normalized spacial score (nSPS) is 11.7. The van der Waals surface area contributed by atoms with E-state index in [0.29, 0.717) is 17.5 Å². The molecule has 0 saturated heterocycles. The minimum absolute atomic E-state index is 0.611. The number of rotatable bonds is 3. The monoisotopic (exact) mass is 550 g/mol. The second kappa shape index (κ2) is 9.29. The highest BCUT2D eigenvalue weighted by Gasteiger charge is 2.18. The number of fused-ring (bicyclic) bond motifs is 8. The van der Waals surface area contributed by atoms with Gasteiger partial charge in [0.25, 0.3) is 0 Å². The molecule has 0 saturated carbocycles. The minimum atomic E-state index is 0.611. The van der Waals surface area contributed by atoms with Crippen molar-refractivity contribution in [1.82, 2.24) is 19.9 Å². The zero-order valence-electron chi connectivity index (χ0n) is 22.9. The van der Waals surface area contributed by atoms with Crippen molar-refractivity contribution in [2.45, 2.75) is 0 Å². The van der Waals surface area contributed by atoms with Crippen LogP contribution in [0.4, 0.5) is 0 Å². The van der Waals surface area contributed by atoms with Gasteiger partial charge in [-0.2, -0.15) is 0 Å². The van der Waals surface area contributed by atoms with Gasteiger partial charge in [-0.3, -0.25) is 4.98 Å². The predicted octanol–water partition coefficient (Wildman–Crippen LogP) is 9.63. The van der Waals surface area contributed by atoms with Gasteiger partial charge in [0.15, 0.2) is 17.5 Å². The molecular weight excluding hydrogens is 528 g/mol. The molecule has 0 aliphatic carbocycles. The zero-order valence-corrected chi connectivity index (χ0v) is 22.9. The second-order valence-electron chi connectivity index (χ2n) is 10.7. The van der Waals surface area contributed by atoms with Crippen LogP contribution in [-0.2, 0) is 0 Å². The molecule has 9 aromatic rings. The highest BCUT2D eigenvalue weighted by Crippen LogP contribution is 2.37. The fourth-order valence-corrected chi connectivity index (χ4v) is 6.17. The van der Waals surface area contributed by atoms with Crippen molar-refractivity contribution in [3.63, 3.8) is 0 Å². The van der Waals surface area contributed by atoms with E-state index in [9.17, 15) is 0 Å². The van der Waals surface area contributed by atoms with E-state index in [1.165, 1.54) is 21.5 Å². The minimum Gasteiger partial charge on any atom is -0.456 e. The molecule has 3 aromatic heterocycles. The summed E-state index contributed by atoms with van der Waals surface area (Å²) in [6, 6.07) is 41.5. The number of pyridine rings is 1. The van der Waals surface area contributed by atoms with Crippen LogP contribution in [-0.4, -0.2) is 19.9 Å². The summed E-state index contributed by atoms with van der Waals surface area (Å²) in [5.41, 5.74) is 4.43. The van der Waals surface area contributed by atoms with Gasteiger partial charge in [0.05, 0.1) is 0 Å². The average molecular weight is 551 g/mol. The Morgan fingerprint density at radius 2 is 1.14 bits per heavy atom. The molecule has 0 aliphatic rings. The van der Waals surface area contributed by atoms with Gasteiger partial charge < -0.3 is 4.42 Å². The molecular formula is C38H22N4O. The van der Waals surface area contributed by atoms with Crippen LogP contribution in [0.3, 0.4) is 0 Å². The number of hydrogen-bond donors (Lipinski definition) is 0. The topological polar surface area (TPSA) is 64.7 Å². The first-order valence-corrected chi connectivity index (χ1v) is 14.2. The van der Waals surface area contributed by atoms with E-state index in [-0.39, 0.29) is 0 Å². The third-order valence-corrected chi connectivity index (χ3v) is 8.20. The molecule has 0 unspecified atom stereocenters. The summed E-state index contributed by atoms with van der Waals surface area (Å²) >= 11 is 0. The summed E-state index contributed by atoms with van der Waals surface area (Å²) in [6.45, 7) is 0. The van der Waals surface area contributed by atoms with E-state index in [4.69, 9.17) is 19.4 Å². The molecule has 9 rings (SSSR count). The molecule has 43 heavy (non-hydrogen) atoms. The maximum atomic E-state index is 6.18. The molecule has 0 atom stereocenters.